The third-order valence-corrected chi connectivity index (χ3v) is 5.62. The Morgan fingerprint density at radius 2 is 1.96 bits per heavy atom. The number of halogens is 2. The zero-order valence-corrected chi connectivity index (χ0v) is 16.6. The molecule has 0 atom stereocenters. The van der Waals surface area contributed by atoms with Gasteiger partial charge in [0, 0.05) is 26.7 Å². The van der Waals surface area contributed by atoms with Gasteiger partial charge in [0.2, 0.25) is 0 Å². The molecular formula is C20H13Cl2NO4S. The molecule has 8 heteroatoms. The van der Waals surface area contributed by atoms with Gasteiger partial charge < -0.3 is 14.4 Å². The highest BCUT2D eigenvalue weighted by atomic mass is 35.5. The summed E-state index contributed by atoms with van der Waals surface area (Å²) in [6.07, 6.45) is -0.0632. The van der Waals surface area contributed by atoms with Gasteiger partial charge in [-0.05, 0) is 47.3 Å². The first-order valence-electron chi connectivity index (χ1n) is 8.25. The highest BCUT2D eigenvalue weighted by molar-refractivity contribution is 7.17. The van der Waals surface area contributed by atoms with E-state index in [1.54, 1.807) is 24.3 Å². The van der Waals surface area contributed by atoms with Crippen molar-refractivity contribution < 1.29 is 19.2 Å². The summed E-state index contributed by atoms with van der Waals surface area (Å²) in [6, 6.07) is 12.6. The van der Waals surface area contributed by atoms with Gasteiger partial charge in [0.15, 0.2) is 5.76 Å². The maximum absolute atomic E-state index is 11.0. The first-order valence-corrected chi connectivity index (χ1v) is 9.89. The molecule has 5 nitrogen and oxygen atoms in total. The van der Waals surface area contributed by atoms with Crippen molar-refractivity contribution in [1.29, 1.82) is 0 Å². The van der Waals surface area contributed by atoms with Gasteiger partial charge in [-0.1, -0.05) is 28.4 Å². The molecule has 0 fully saturated rings. The fourth-order valence-corrected chi connectivity index (χ4v) is 4.35. The Labute approximate surface area is 174 Å². The van der Waals surface area contributed by atoms with Crippen LogP contribution in [0.4, 0.5) is 0 Å². The van der Waals surface area contributed by atoms with E-state index in [0.29, 0.717) is 32.8 Å². The average molecular weight is 434 g/mol. The van der Waals surface area contributed by atoms with E-state index in [0.717, 1.165) is 15.6 Å². The lowest BCUT2D eigenvalue weighted by Gasteiger charge is -2.06. The van der Waals surface area contributed by atoms with Crippen molar-refractivity contribution >= 4 is 50.6 Å². The maximum Gasteiger partial charge on any atom is 0.307 e. The Kier molecular flexibility index (Phi) is 5.26. The van der Waals surface area contributed by atoms with Crippen LogP contribution < -0.4 is 4.74 Å². The summed E-state index contributed by atoms with van der Waals surface area (Å²) in [6.45, 7) is 0.215. The summed E-state index contributed by atoms with van der Waals surface area (Å²) < 4.78 is 12.0. The summed E-state index contributed by atoms with van der Waals surface area (Å²) in [5.41, 5.74) is 2.21. The van der Waals surface area contributed by atoms with Gasteiger partial charge in [-0.2, -0.15) is 0 Å². The summed E-state index contributed by atoms with van der Waals surface area (Å²) in [5.74, 6) is 0.316. The van der Waals surface area contributed by atoms with Crippen molar-refractivity contribution in [1.82, 2.24) is 5.16 Å². The Morgan fingerprint density at radius 1 is 1.18 bits per heavy atom. The van der Waals surface area contributed by atoms with Crippen LogP contribution in [0.15, 0.2) is 52.4 Å². The fourth-order valence-electron chi connectivity index (χ4n) is 2.82. The van der Waals surface area contributed by atoms with Gasteiger partial charge >= 0.3 is 5.97 Å². The van der Waals surface area contributed by atoms with Gasteiger partial charge in [0.25, 0.3) is 0 Å². The van der Waals surface area contributed by atoms with E-state index < -0.39 is 5.97 Å². The minimum atomic E-state index is -0.890. The highest BCUT2D eigenvalue weighted by Crippen LogP contribution is 2.36. The Balaban J connectivity index is 1.50. The van der Waals surface area contributed by atoms with E-state index in [1.807, 2.05) is 23.6 Å². The second-order valence-corrected chi connectivity index (χ2v) is 7.84. The summed E-state index contributed by atoms with van der Waals surface area (Å²) in [4.78, 5) is 11.0. The third kappa shape index (κ3) is 3.99. The summed E-state index contributed by atoms with van der Waals surface area (Å²) in [5, 5.41) is 16.7. The van der Waals surface area contributed by atoms with Crippen LogP contribution >= 0.6 is 34.5 Å². The fraction of sp³-hybridized carbons (Fsp3) is 0.100. The molecule has 0 unspecified atom stereocenters. The monoisotopic (exact) mass is 433 g/mol. The number of aromatic nitrogens is 1. The molecule has 28 heavy (non-hydrogen) atoms. The van der Waals surface area contributed by atoms with Crippen molar-refractivity contribution in [3.63, 3.8) is 0 Å². The number of ether oxygens (including phenoxy) is 1. The molecule has 0 amide bonds. The van der Waals surface area contributed by atoms with Crippen molar-refractivity contribution in [2.45, 2.75) is 13.0 Å². The molecule has 142 valence electrons. The quantitative estimate of drug-likeness (QED) is 0.399. The van der Waals surface area contributed by atoms with E-state index in [9.17, 15) is 4.79 Å². The molecule has 0 radical (unpaired) electrons. The molecule has 0 aliphatic rings. The molecule has 0 bridgehead atoms. The molecule has 2 aromatic heterocycles. The molecule has 4 rings (SSSR count). The largest absolute Gasteiger partial charge is 0.487 e. The highest BCUT2D eigenvalue weighted by Gasteiger charge is 2.14. The van der Waals surface area contributed by atoms with Crippen LogP contribution in [0.2, 0.25) is 10.0 Å². The first-order chi connectivity index (χ1) is 13.5. The predicted octanol–water partition coefficient (Wildman–Crippen LogP) is 6.07. The van der Waals surface area contributed by atoms with Crippen molar-refractivity contribution in [2.75, 3.05) is 0 Å². The number of thiophene rings is 1. The topological polar surface area (TPSA) is 72.6 Å². The Bertz CT molecular complexity index is 1150. The maximum atomic E-state index is 11.0. The average Bonchev–Trinajstić information content (AvgIpc) is 3.28. The van der Waals surface area contributed by atoms with Crippen LogP contribution in [0.3, 0.4) is 0 Å². The van der Waals surface area contributed by atoms with E-state index in [1.165, 1.54) is 11.3 Å². The SMILES string of the molecule is O=C(O)Cc1csc2cc(OCc3cc(-c4ccc(Cl)cc4)on3)cc(Cl)c12. The molecule has 0 aliphatic carbocycles. The number of fused-ring (bicyclic) bond motifs is 1. The van der Waals surface area contributed by atoms with Crippen LogP contribution in [0.25, 0.3) is 21.4 Å². The number of nitrogens with zero attached hydrogens (tertiary/aromatic N) is 1. The number of hydrogen-bond acceptors (Lipinski definition) is 5. The third-order valence-electron chi connectivity index (χ3n) is 4.09. The summed E-state index contributed by atoms with van der Waals surface area (Å²) >= 11 is 13.7. The van der Waals surface area contributed by atoms with Crippen molar-refractivity contribution in [2.24, 2.45) is 0 Å². The van der Waals surface area contributed by atoms with Gasteiger partial charge in [-0.25, -0.2) is 0 Å². The number of rotatable bonds is 6. The second kappa shape index (κ2) is 7.83. The van der Waals surface area contributed by atoms with Crippen LogP contribution in [0.1, 0.15) is 11.3 Å². The second-order valence-electron chi connectivity index (χ2n) is 6.09. The molecule has 2 heterocycles. The number of hydrogen-bond donors (Lipinski definition) is 1. The van der Waals surface area contributed by atoms with E-state index in [2.05, 4.69) is 5.16 Å². The van der Waals surface area contributed by atoms with Gasteiger partial charge in [-0.3, -0.25) is 4.79 Å². The zero-order chi connectivity index (χ0) is 19.7. The van der Waals surface area contributed by atoms with E-state index in [4.69, 9.17) is 37.6 Å². The number of carboxylic acids is 1. The van der Waals surface area contributed by atoms with Gasteiger partial charge in [0.05, 0.1) is 11.4 Å². The Hall–Kier alpha value is -2.54. The minimum Gasteiger partial charge on any atom is -0.487 e. The number of carboxylic acid groups (broad SMARTS) is 1. The molecule has 0 saturated heterocycles. The predicted molar refractivity (Wildman–Crippen MR) is 109 cm³/mol. The minimum absolute atomic E-state index is 0.0632. The van der Waals surface area contributed by atoms with E-state index >= 15 is 0 Å². The lowest BCUT2D eigenvalue weighted by molar-refractivity contribution is -0.136. The lowest BCUT2D eigenvalue weighted by atomic mass is 10.1. The number of benzene rings is 2. The standard InChI is InChI=1S/C20H13Cl2NO4S/c21-13-3-1-11(2-4-13)17-6-14(23-27-17)9-26-15-7-16(22)20-12(5-19(24)25)10-28-18(20)8-15/h1-4,6-8,10H,5,9H2,(H,24,25). The molecule has 0 spiro atoms. The van der Waals surface area contributed by atoms with Gasteiger partial charge in [0.1, 0.15) is 18.1 Å². The molecule has 1 N–H and O–H groups in total. The summed E-state index contributed by atoms with van der Waals surface area (Å²) in [7, 11) is 0. The smallest absolute Gasteiger partial charge is 0.307 e. The molecule has 0 saturated carbocycles. The van der Waals surface area contributed by atoms with Crippen LogP contribution in [0.5, 0.6) is 5.75 Å². The van der Waals surface area contributed by atoms with Crippen molar-refractivity contribution in [3.8, 4) is 17.1 Å². The first kappa shape index (κ1) is 18.8. The van der Waals surface area contributed by atoms with Crippen LogP contribution in [-0.2, 0) is 17.8 Å². The molecular weight excluding hydrogens is 421 g/mol. The zero-order valence-electron chi connectivity index (χ0n) is 14.3. The normalized spacial score (nSPS) is 11.1. The Morgan fingerprint density at radius 3 is 2.71 bits per heavy atom. The van der Waals surface area contributed by atoms with Crippen LogP contribution in [0, 0.1) is 0 Å². The van der Waals surface area contributed by atoms with Crippen LogP contribution in [-0.4, -0.2) is 16.2 Å². The van der Waals surface area contributed by atoms with Gasteiger partial charge in [-0.15, -0.1) is 11.3 Å². The molecule has 2 aromatic carbocycles. The number of carbonyl (C=O) groups is 1. The van der Waals surface area contributed by atoms with E-state index in [-0.39, 0.29) is 13.0 Å². The molecule has 0 aliphatic heterocycles. The lowest BCUT2D eigenvalue weighted by Crippen LogP contribution is -1.99. The molecule has 4 aromatic rings. The van der Waals surface area contributed by atoms with Crippen molar-refractivity contribution in [3.05, 3.63) is 69.1 Å². The number of aliphatic carboxylic acids is 1.